The molecule has 0 aliphatic carbocycles. The third kappa shape index (κ3) is 1.45. The fourth-order valence-corrected chi connectivity index (χ4v) is 1.82. The van der Waals surface area contributed by atoms with Crippen molar-refractivity contribution >= 4 is 11.5 Å². The molecule has 5 nitrogen and oxygen atoms in total. The number of hydrogen-bond donors (Lipinski definition) is 2. The van der Waals surface area contributed by atoms with Crippen LogP contribution in [0.3, 0.4) is 0 Å². The molecule has 0 saturated heterocycles. The van der Waals surface area contributed by atoms with E-state index in [1.807, 2.05) is 6.92 Å². The third-order valence-electron chi connectivity index (χ3n) is 2.53. The number of rotatable bonds is 3. The summed E-state index contributed by atoms with van der Waals surface area (Å²) in [5.41, 5.74) is 1.78. The maximum absolute atomic E-state index is 11.2. The second-order valence-electron chi connectivity index (χ2n) is 3.47. The monoisotopic (exact) mass is 220 g/mol. The van der Waals surface area contributed by atoms with Crippen molar-refractivity contribution in [3.63, 3.8) is 0 Å². The van der Waals surface area contributed by atoms with E-state index >= 15 is 0 Å². The molecule has 2 aromatic rings. The number of nitrogens with zero attached hydrogens (tertiary/aromatic N) is 2. The highest BCUT2D eigenvalue weighted by molar-refractivity contribution is 5.98. The van der Waals surface area contributed by atoms with Crippen molar-refractivity contribution in [1.82, 2.24) is 9.61 Å². The summed E-state index contributed by atoms with van der Waals surface area (Å²) in [4.78, 5) is 11.2. The zero-order valence-electron chi connectivity index (χ0n) is 8.84. The smallest absolute Gasteiger partial charge is 0.339 e. The average molecular weight is 220 g/mol. The van der Waals surface area contributed by atoms with Crippen LogP contribution in [0.4, 0.5) is 0 Å². The molecular weight excluding hydrogens is 208 g/mol. The Morgan fingerprint density at radius 3 is 2.88 bits per heavy atom. The van der Waals surface area contributed by atoms with Gasteiger partial charge in [-0.25, -0.2) is 9.31 Å². The van der Waals surface area contributed by atoms with Gasteiger partial charge in [-0.05, 0) is 12.5 Å². The predicted molar refractivity (Wildman–Crippen MR) is 57.5 cm³/mol. The molecule has 0 aliphatic heterocycles. The van der Waals surface area contributed by atoms with Crippen molar-refractivity contribution in [2.45, 2.75) is 20.0 Å². The van der Waals surface area contributed by atoms with Gasteiger partial charge in [-0.2, -0.15) is 5.10 Å². The Kier molecular flexibility index (Phi) is 2.62. The molecule has 2 N–H and O–H groups in total. The zero-order valence-corrected chi connectivity index (χ0v) is 8.84. The van der Waals surface area contributed by atoms with Gasteiger partial charge in [-0.3, -0.25) is 0 Å². The van der Waals surface area contributed by atoms with Crippen LogP contribution in [0.2, 0.25) is 0 Å². The lowest BCUT2D eigenvalue weighted by molar-refractivity contribution is 0.0698. The van der Waals surface area contributed by atoms with E-state index in [-0.39, 0.29) is 12.2 Å². The number of aliphatic hydroxyl groups is 1. The number of carbonyl (C=O) groups is 1. The molecule has 5 heteroatoms. The number of hydrogen-bond acceptors (Lipinski definition) is 3. The molecule has 0 fully saturated rings. The van der Waals surface area contributed by atoms with E-state index in [0.717, 1.165) is 0 Å². The molecule has 0 amide bonds. The van der Waals surface area contributed by atoms with Crippen LogP contribution in [-0.2, 0) is 13.0 Å². The molecule has 0 spiro atoms. The molecule has 0 aliphatic rings. The standard InChI is InChI=1S/C11H12N2O3/c1-2-8-9(11(15)16)10-7(6-14)4-3-5-13(10)12-8/h3-5,14H,2,6H2,1H3,(H,15,16). The maximum atomic E-state index is 11.2. The van der Waals surface area contributed by atoms with Gasteiger partial charge in [0.2, 0.25) is 0 Å². The van der Waals surface area contributed by atoms with E-state index in [4.69, 9.17) is 5.11 Å². The van der Waals surface area contributed by atoms with Crippen LogP contribution in [0.25, 0.3) is 5.52 Å². The van der Waals surface area contributed by atoms with Crippen molar-refractivity contribution in [3.05, 3.63) is 35.2 Å². The van der Waals surface area contributed by atoms with Crippen LogP contribution in [0.1, 0.15) is 28.5 Å². The summed E-state index contributed by atoms with van der Waals surface area (Å²) in [5, 5.41) is 22.5. The first-order valence-electron chi connectivity index (χ1n) is 5.02. The Bertz CT molecular complexity index is 545. The Labute approximate surface area is 91.9 Å². The summed E-state index contributed by atoms with van der Waals surface area (Å²) < 4.78 is 1.51. The lowest BCUT2D eigenvalue weighted by atomic mass is 10.1. The van der Waals surface area contributed by atoms with Gasteiger partial charge in [0.05, 0.1) is 17.8 Å². The average Bonchev–Trinajstić information content (AvgIpc) is 2.66. The Morgan fingerprint density at radius 2 is 2.31 bits per heavy atom. The number of carboxylic acid groups (broad SMARTS) is 1. The highest BCUT2D eigenvalue weighted by atomic mass is 16.4. The summed E-state index contributed by atoms with van der Waals surface area (Å²) >= 11 is 0. The molecule has 2 aromatic heterocycles. The molecule has 84 valence electrons. The topological polar surface area (TPSA) is 74.8 Å². The first kappa shape index (κ1) is 10.6. The molecular formula is C11H12N2O3. The van der Waals surface area contributed by atoms with Crippen molar-refractivity contribution < 1.29 is 15.0 Å². The molecule has 2 heterocycles. The van der Waals surface area contributed by atoms with Crippen LogP contribution >= 0.6 is 0 Å². The number of fused-ring (bicyclic) bond motifs is 1. The molecule has 0 saturated carbocycles. The largest absolute Gasteiger partial charge is 0.478 e. The first-order valence-corrected chi connectivity index (χ1v) is 5.02. The predicted octanol–water partition coefficient (Wildman–Crippen LogP) is 1.09. The summed E-state index contributed by atoms with van der Waals surface area (Å²) in [6, 6.07) is 3.43. The number of carboxylic acids is 1. The van der Waals surface area contributed by atoms with E-state index < -0.39 is 5.97 Å². The Hall–Kier alpha value is -1.88. The van der Waals surface area contributed by atoms with Crippen LogP contribution < -0.4 is 0 Å². The SMILES string of the molecule is CCc1nn2cccc(CO)c2c1C(=O)O. The summed E-state index contributed by atoms with van der Waals surface area (Å²) in [5.74, 6) is -1.01. The Morgan fingerprint density at radius 1 is 1.56 bits per heavy atom. The van der Waals surface area contributed by atoms with E-state index in [9.17, 15) is 9.90 Å². The van der Waals surface area contributed by atoms with Crippen molar-refractivity contribution in [1.29, 1.82) is 0 Å². The summed E-state index contributed by atoms with van der Waals surface area (Å²) in [6.07, 6.45) is 2.23. The van der Waals surface area contributed by atoms with Gasteiger partial charge < -0.3 is 10.2 Å². The molecule has 0 atom stereocenters. The van der Waals surface area contributed by atoms with Crippen LogP contribution in [0.15, 0.2) is 18.3 Å². The molecule has 2 rings (SSSR count). The van der Waals surface area contributed by atoms with E-state index in [1.165, 1.54) is 4.52 Å². The van der Waals surface area contributed by atoms with Crippen molar-refractivity contribution in [2.24, 2.45) is 0 Å². The molecule has 0 aromatic carbocycles. The summed E-state index contributed by atoms with van der Waals surface area (Å²) in [6.45, 7) is 1.66. The Balaban J connectivity index is 2.86. The zero-order chi connectivity index (χ0) is 11.7. The fraction of sp³-hybridized carbons (Fsp3) is 0.273. The second kappa shape index (κ2) is 3.94. The van der Waals surface area contributed by atoms with Crippen molar-refractivity contribution in [2.75, 3.05) is 0 Å². The minimum Gasteiger partial charge on any atom is -0.478 e. The van der Waals surface area contributed by atoms with E-state index in [2.05, 4.69) is 5.10 Å². The van der Waals surface area contributed by atoms with Crippen LogP contribution in [0.5, 0.6) is 0 Å². The number of aromatic carboxylic acids is 1. The van der Waals surface area contributed by atoms with E-state index in [1.54, 1.807) is 18.3 Å². The van der Waals surface area contributed by atoms with Gasteiger partial charge in [0, 0.05) is 11.8 Å². The van der Waals surface area contributed by atoms with Gasteiger partial charge >= 0.3 is 5.97 Å². The van der Waals surface area contributed by atoms with Crippen LogP contribution in [-0.4, -0.2) is 25.8 Å². The van der Waals surface area contributed by atoms with Gasteiger partial charge in [-0.15, -0.1) is 0 Å². The van der Waals surface area contributed by atoms with Crippen LogP contribution in [0, 0.1) is 0 Å². The number of pyridine rings is 1. The normalized spacial score (nSPS) is 10.9. The molecule has 0 radical (unpaired) electrons. The lowest BCUT2D eigenvalue weighted by Gasteiger charge is -2.00. The summed E-state index contributed by atoms with van der Waals surface area (Å²) in [7, 11) is 0. The number of aliphatic hydroxyl groups excluding tert-OH is 1. The molecule has 16 heavy (non-hydrogen) atoms. The van der Waals surface area contributed by atoms with Crippen molar-refractivity contribution in [3.8, 4) is 0 Å². The minimum atomic E-state index is -1.01. The number of aryl methyl sites for hydroxylation is 1. The van der Waals surface area contributed by atoms with Gasteiger partial charge in [0.1, 0.15) is 5.56 Å². The molecule has 0 bridgehead atoms. The quantitative estimate of drug-likeness (QED) is 0.811. The minimum absolute atomic E-state index is 0.187. The van der Waals surface area contributed by atoms with E-state index in [0.29, 0.717) is 23.2 Å². The lowest BCUT2D eigenvalue weighted by Crippen LogP contribution is -2.01. The first-order chi connectivity index (χ1) is 7.69. The highest BCUT2D eigenvalue weighted by Gasteiger charge is 2.19. The highest BCUT2D eigenvalue weighted by Crippen LogP contribution is 2.20. The van der Waals surface area contributed by atoms with Gasteiger partial charge in [0.15, 0.2) is 0 Å². The fourth-order valence-electron chi connectivity index (χ4n) is 1.82. The second-order valence-corrected chi connectivity index (χ2v) is 3.47. The third-order valence-corrected chi connectivity index (χ3v) is 2.53. The maximum Gasteiger partial charge on any atom is 0.339 e. The van der Waals surface area contributed by atoms with Gasteiger partial charge in [-0.1, -0.05) is 13.0 Å². The van der Waals surface area contributed by atoms with Gasteiger partial charge in [0.25, 0.3) is 0 Å². The number of aromatic nitrogens is 2. The molecule has 0 unspecified atom stereocenters.